The summed E-state index contributed by atoms with van der Waals surface area (Å²) in [5.41, 5.74) is 4.28. The molecule has 1 saturated heterocycles. The topological polar surface area (TPSA) is 67.2 Å². The van der Waals surface area contributed by atoms with Crippen LogP contribution in [0, 0.1) is 13.8 Å². The monoisotopic (exact) mass is 396 g/mol. The van der Waals surface area contributed by atoms with Gasteiger partial charge in [0.25, 0.3) is 0 Å². The summed E-state index contributed by atoms with van der Waals surface area (Å²) in [6, 6.07) is 7.97. The summed E-state index contributed by atoms with van der Waals surface area (Å²) in [5.74, 6) is 0. The predicted octanol–water partition coefficient (Wildman–Crippen LogP) is 2.66. The molecule has 142 valence electrons. The van der Waals surface area contributed by atoms with Crippen LogP contribution in [0.4, 0.5) is 0 Å². The second kappa shape index (κ2) is 7.68. The van der Waals surface area contributed by atoms with Crippen molar-refractivity contribution >= 4 is 21.6 Å². The fraction of sp³-hybridized carbons (Fsp3) is 0.500. The van der Waals surface area contributed by atoms with Gasteiger partial charge in [-0.3, -0.25) is 0 Å². The molecule has 0 atom stereocenters. The summed E-state index contributed by atoms with van der Waals surface area (Å²) in [7, 11) is -3.08. The molecule has 0 bridgehead atoms. The molecule has 1 aliphatic heterocycles. The van der Waals surface area contributed by atoms with Gasteiger partial charge in [-0.1, -0.05) is 11.6 Å². The average molecular weight is 397 g/mol. The SMILES string of the molecule is Cc1nn(-c2ccc(Cl)cc2)c(C)c1CNC1CCN(S(C)(=O)=O)CC1. The number of aryl methyl sites for hydroxylation is 1. The lowest BCUT2D eigenvalue weighted by Gasteiger charge is -2.30. The molecule has 26 heavy (non-hydrogen) atoms. The minimum Gasteiger partial charge on any atom is -0.310 e. The first-order valence-corrected chi connectivity index (χ1v) is 11.0. The van der Waals surface area contributed by atoms with Crippen molar-refractivity contribution < 1.29 is 8.42 Å². The Balaban J connectivity index is 1.65. The van der Waals surface area contributed by atoms with Crippen LogP contribution in [-0.2, 0) is 16.6 Å². The third-order valence-electron chi connectivity index (χ3n) is 5.00. The fourth-order valence-electron chi connectivity index (χ4n) is 3.40. The smallest absolute Gasteiger partial charge is 0.211 e. The van der Waals surface area contributed by atoms with Gasteiger partial charge in [0.15, 0.2) is 0 Å². The van der Waals surface area contributed by atoms with Crippen molar-refractivity contribution in [2.45, 2.75) is 39.3 Å². The Morgan fingerprint density at radius 2 is 1.81 bits per heavy atom. The zero-order valence-electron chi connectivity index (χ0n) is 15.4. The standard InChI is InChI=1S/C18H25ClN4O2S/c1-13-18(12-20-16-8-10-22(11-9-16)26(3,24)25)14(2)23(21-13)17-6-4-15(19)5-7-17/h4-7,16,20H,8-12H2,1-3H3. The number of piperidine rings is 1. The van der Waals surface area contributed by atoms with Crippen LogP contribution in [0.25, 0.3) is 5.69 Å². The molecule has 2 aromatic rings. The first-order valence-electron chi connectivity index (χ1n) is 8.75. The molecule has 1 aromatic carbocycles. The number of benzene rings is 1. The molecule has 0 amide bonds. The Morgan fingerprint density at radius 1 is 1.19 bits per heavy atom. The lowest BCUT2D eigenvalue weighted by molar-refractivity contribution is 0.290. The van der Waals surface area contributed by atoms with Gasteiger partial charge in [0.2, 0.25) is 10.0 Å². The zero-order chi connectivity index (χ0) is 18.9. The van der Waals surface area contributed by atoms with Gasteiger partial charge in [0.1, 0.15) is 0 Å². The molecule has 1 aliphatic rings. The number of sulfonamides is 1. The minimum atomic E-state index is -3.08. The van der Waals surface area contributed by atoms with E-state index in [9.17, 15) is 8.42 Å². The number of rotatable bonds is 5. The summed E-state index contributed by atoms with van der Waals surface area (Å²) in [6.45, 7) is 5.98. The van der Waals surface area contributed by atoms with E-state index in [4.69, 9.17) is 11.6 Å². The van der Waals surface area contributed by atoms with Gasteiger partial charge in [0, 0.05) is 42.0 Å². The third-order valence-corrected chi connectivity index (χ3v) is 6.56. The molecule has 1 fully saturated rings. The van der Waals surface area contributed by atoms with Crippen LogP contribution < -0.4 is 5.32 Å². The zero-order valence-corrected chi connectivity index (χ0v) is 16.9. The first kappa shape index (κ1) is 19.4. The summed E-state index contributed by atoms with van der Waals surface area (Å²) in [5, 5.41) is 8.94. The molecule has 0 radical (unpaired) electrons. The summed E-state index contributed by atoms with van der Waals surface area (Å²) >= 11 is 5.97. The Labute approximate surface area is 160 Å². The van der Waals surface area contributed by atoms with Crippen molar-refractivity contribution in [3.05, 3.63) is 46.2 Å². The maximum Gasteiger partial charge on any atom is 0.211 e. The van der Waals surface area contributed by atoms with E-state index in [0.717, 1.165) is 36.5 Å². The number of nitrogens with zero attached hydrogens (tertiary/aromatic N) is 3. The lowest BCUT2D eigenvalue weighted by Crippen LogP contribution is -2.44. The van der Waals surface area contributed by atoms with Crippen LogP contribution in [0.5, 0.6) is 0 Å². The number of hydrogen-bond donors (Lipinski definition) is 1. The molecule has 0 saturated carbocycles. The predicted molar refractivity (Wildman–Crippen MR) is 104 cm³/mol. The van der Waals surface area contributed by atoms with Crippen molar-refractivity contribution in [1.82, 2.24) is 19.4 Å². The van der Waals surface area contributed by atoms with Crippen LogP contribution in [0.2, 0.25) is 5.02 Å². The quantitative estimate of drug-likeness (QED) is 0.843. The fourth-order valence-corrected chi connectivity index (χ4v) is 4.40. The van der Waals surface area contributed by atoms with Gasteiger partial charge in [-0.25, -0.2) is 17.4 Å². The van der Waals surface area contributed by atoms with Crippen molar-refractivity contribution in [3.63, 3.8) is 0 Å². The summed E-state index contributed by atoms with van der Waals surface area (Å²) < 4.78 is 26.7. The molecule has 3 rings (SSSR count). The first-order chi connectivity index (χ1) is 12.3. The second-order valence-electron chi connectivity index (χ2n) is 6.85. The second-order valence-corrected chi connectivity index (χ2v) is 9.27. The highest BCUT2D eigenvalue weighted by atomic mass is 35.5. The molecule has 0 unspecified atom stereocenters. The molecule has 2 heterocycles. The highest BCUT2D eigenvalue weighted by Gasteiger charge is 2.25. The van der Waals surface area contributed by atoms with E-state index in [1.165, 1.54) is 11.8 Å². The van der Waals surface area contributed by atoms with Gasteiger partial charge < -0.3 is 5.32 Å². The highest BCUT2D eigenvalue weighted by Crippen LogP contribution is 2.20. The number of hydrogen-bond acceptors (Lipinski definition) is 4. The van der Waals surface area contributed by atoms with Crippen molar-refractivity contribution in [2.75, 3.05) is 19.3 Å². The summed E-state index contributed by atoms with van der Waals surface area (Å²) in [4.78, 5) is 0. The van der Waals surface area contributed by atoms with Gasteiger partial charge in [-0.2, -0.15) is 5.10 Å². The largest absolute Gasteiger partial charge is 0.310 e. The Hall–Kier alpha value is -1.41. The van der Waals surface area contributed by atoms with Crippen LogP contribution in [0.3, 0.4) is 0 Å². The molecule has 0 aliphatic carbocycles. The molecular weight excluding hydrogens is 372 g/mol. The molecule has 1 aromatic heterocycles. The van der Waals surface area contributed by atoms with Crippen molar-refractivity contribution in [1.29, 1.82) is 0 Å². The van der Waals surface area contributed by atoms with Gasteiger partial charge in [-0.05, 0) is 51.0 Å². The van der Waals surface area contributed by atoms with Crippen molar-refractivity contribution in [2.24, 2.45) is 0 Å². The van der Waals surface area contributed by atoms with E-state index in [2.05, 4.69) is 17.3 Å². The van der Waals surface area contributed by atoms with E-state index >= 15 is 0 Å². The third kappa shape index (κ3) is 4.28. The maximum atomic E-state index is 11.6. The molecule has 1 N–H and O–H groups in total. The van der Waals surface area contributed by atoms with E-state index in [0.29, 0.717) is 24.2 Å². The molecule has 0 spiro atoms. The van der Waals surface area contributed by atoms with Gasteiger partial charge >= 0.3 is 0 Å². The van der Waals surface area contributed by atoms with Crippen LogP contribution in [-0.4, -0.2) is 47.9 Å². The maximum absolute atomic E-state index is 11.6. The van der Waals surface area contributed by atoms with Crippen LogP contribution in [0.1, 0.15) is 29.8 Å². The molecule has 6 nitrogen and oxygen atoms in total. The van der Waals surface area contributed by atoms with E-state index in [1.807, 2.05) is 35.9 Å². The Bertz CT molecular complexity index is 869. The minimum absolute atomic E-state index is 0.325. The van der Waals surface area contributed by atoms with E-state index in [1.54, 1.807) is 4.31 Å². The highest BCUT2D eigenvalue weighted by molar-refractivity contribution is 7.88. The average Bonchev–Trinajstić information content (AvgIpc) is 2.88. The number of aromatic nitrogens is 2. The van der Waals surface area contributed by atoms with E-state index in [-0.39, 0.29) is 0 Å². The van der Waals surface area contributed by atoms with E-state index < -0.39 is 10.0 Å². The van der Waals surface area contributed by atoms with Crippen LogP contribution >= 0.6 is 11.6 Å². The lowest BCUT2D eigenvalue weighted by atomic mass is 10.1. The van der Waals surface area contributed by atoms with Gasteiger partial charge in [0.05, 0.1) is 17.6 Å². The summed E-state index contributed by atoms with van der Waals surface area (Å²) in [6.07, 6.45) is 2.94. The van der Waals surface area contributed by atoms with Crippen LogP contribution in [0.15, 0.2) is 24.3 Å². The normalized spacial score (nSPS) is 16.9. The number of halogens is 1. The van der Waals surface area contributed by atoms with Gasteiger partial charge in [-0.15, -0.1) is 0 Å². The Kier molecular flexibility index (Phi) is 5.72. The molecular formula is C18H25ClN4O2S. The van der Waals surface area contributed by atoms with Crippen molar-refractivity contribution in [3.8, 4) is 5.69 Å². The number of nitrogens with one attached hydrogen (secondary N) is 1. The molecule has 8 heteroatoms. The Morgan fingerprint density at radius 3 is 2.38 bits per heavy atom.